The second-order valence-electron chi connectivity index (χ2n) is 7.13. The minimum absolute atomic E-state index is 0. The number of hydrogen-bond donors (Lipinski definition) is 2. The molecular formula is C19H23ClN6. The Kier molecular flexibility index (Phi) is 4.54. The maximum absolute atomic E-state index is 5.03. The van der Waals surface area contributed by atoms with Gasteiger partial charge in [-0.1, -0.05) is 0 Å². The Morgan fingerprint density at radius 3 is 2.69 bits per heavy atom. The minimum atomic E-state index is 0. The summed E-state index contributed by atoms with van der Waals surface area (Å²) in [6.07, 6.45) is 10.2. The smallest absolute Gasteiger partial charge is 0.157 e. The number of hydrogen-bond acceptors (Lipinski definition) is 5. The van der Waals surface area contributed by atoms with Crippen LogP contribution in [0.1, 0.15) is 36.1 Å². The highest BCUT2D eigenvalue weighted by atomic mass is 35.5. The Bertz CT molecular complexity index is 901. The molecular weight excluding hydrogens is 348 g/mol. The van der Waals surface area contributed by atoms with Crippen LogP contribution in [0.5, 0.6) is 0 Å². The van der Waals surface area contributed by atoms with Gasteiger partial charge >= 0.3 is 0 Å². The van der Waals surface area contributed by atoms with E-state index in [4.69, 9.17) is 4.98 Å². The number of piperidine rings is 1. The molecule has 0 bridgehead atoms. The monoisotopic (exact) mass is 370 g/mol. The molecule has 2 N–H and O–H groups in total. The average molecular weight is 371 g/mol. The van der Waals surface area contributed by atoms with Crippen LogP contribution in [0.15, 0.2) is 36.8 Å². The van der Waals surface area contributed by atoms with Gasteiger partial charge in [0.15, 0.2) is 5.65 Å². The van der Waals surface area contributed by atoms with Crippen molar-refractivity contribution in [3.05, 3.63) is 53.6 Å². The second-order valence-corrected chi connectivity index (χ2v) is 7.13. The molecule has 1 fully saturated rings. The van der Waals surface area contributed by atoms with Crippen molar-refractivity contribution >= 4 is 23.9 Å². The lowest BCUT2D eigenvalue weighted by atomic mass is 9.77. The molecule has 26 heavy (non-hydrogen) atoms. The third-order valence-electron chi connectivity index (χ3n) is 5.76. The topological polar surface area (TPSA) is 67.1 Å². The fourth-order valence-corrected chi connectivity index (χ4v) is 4.39. The van der Waals surface area contributed by atoms with Gasteiger partial charge in [0.1, 0.15) is 5.82 Å². The lowest BCUT2D eigenvalue weighted by Crippen LogP contribution is -2.39. The van der Waals surface area contributed by atoms with Gasteiger partial charge < -0.3 is 10.6 Å². The molecule has 3 aromatic heterocycles. The number of anilines is 1. The van der Waals surface area contributed by atoms with Gasteiger partial charge in [0.25, 0.3) is 0 Å². The number of nitrogens with one attached hydrogen (secondary N) is 2. The molecule has 0 saturated carbocycles. The van der Waals surface area contributed by atoms with Crippen LogP contribution in [-0.4, -0.2) is 32.7 Å². The highest BCUT2D eigenvalue weighted by Crippen LogP contribution is 2.46. The van der Waals surface area contributed by atoms with Crippen molar-refractivity contribution in [3.63, 3.8) is 0 Å². The van der Waals surface area contributed by atoms with Crippen LogP contribution in [-0.2, 0) is 18.4 Å². The number of halogens is 1. The van der Waals surface area contributed by atoms with E-state index in [9.17, 15) is 0 Å². The fraction of sp³-hybridized carbons (Fsp3) is 0.421. The average Bonchev–Trinajstić information content (AvgIpc) is 3.26. The Labute approximate surface area is 158 Å². The van der Waals surface area contributed by atoms with Crippen molar-refractivity contribution in [2.75, 3.05) is 18.4 Å². The van der Waals surface area contributed by atoms with Crippen molar-refractivity contribution in [2.24, 2.45) is 0 Å². The van der Waals surface area contributed by atoms with Crippen molar-refractivity contribution < 1.29 is 0 Å². The number of aromatic nitrogens is 4. The Balaban J connectivity index is 0.00000168. The maximum atomic E-state index is 5.03. The molecule has 0 amide bonds. The summed E-state index contributed by atoms with van der Waals surface area (Å²) in [6.45, 7) is 2.94. The lowest BCUT2D eigenvalue weighted by Gasteiger charge is -2.34. The molecule has 7 heteroatoms. The maximum Gasteiger partial charge on any atom is 0.157 e. The zero-order valence-electron chi connectivity index (χ0n) is 14.6. The van der Waals surface area contributed by atoms with Crippen molar-refractivity contribution in [1.29, 1.82) is 0 Å². The second kappa shape index (κ2) is 6.85. The molecule has 6 nitrogen and oxygen atoms in total. The third kappa shape index (κ3) is 2.73. The van der Waals surface area contributed by atoms with Gasteiger partial charge in [-0.25, -0.2) is 4.98 Å². The molecule has 3 aromatic rings. The Morgan fingerprint density at radius 1 is 1.08 bits per heavy atom. The fourth-order valence-electron chi connectivity index (χ4n) is 4.39. The predicted octanol–water partition coefficient (Wildman–Crippen LogP) is 2.73. The quantitative estimate of drug-likeness (QED) is 0.742. The van der Waals surface area contributed by atoms with Gasteiger partial charge in [-0.05, 0) is 56.5 Å². The molecule has 0 atom stereocenters. The summed E-state index contributed by atoms with van der Waals surface area (Å²) in [4.78, 5) is 9.13. The number of nitrogens with zero attached hydrogens (tertiary/aromatic N) is 4. The Morgan fingerprint density at radius 2 is 1.88 bits per heavy atom. The summed E-state index contributed by atoms with van der Waals surface area (Å²) in [5.41, 5.74) is 5.07. The minimum Gasteiger partial charge on any atom is -0.366 e. The summed E-state index contributed by atoms with van der Waals surface area (Å²) < 4.78 is 1.96. The molecule has 1 aliphatic heterocycles. The highest BCUT2D eigenvalue weighted by Gasteiger charge is 2.42. The van der Waals surface area contributed by atoms with Crippen LogP contribution in [0.3, 0.4) is 0 Å². The van der Waals surface area contributed by atoms with Gasteiger partial charge in [0.2, 0.25) is 0 Å². The van der Waals surface area contributed by atoms with E-state index in [0.29, 0.717) is 0 Å². The first-order valence-corrected chi connectivity index (χ1v) is 9.06. The van der Waals surface area contributed by atoms with Crippen LogP contribution in [0.4, 0.5) is 5.82 Å². The van der Waals surface area contributed by atoms with E-state index in [1.165, 1.54) is 36.1 Å². The third-order valence-corrected chi connectivity index (χ3v) is 5.76. The summed E-state index contributed by atoms with van der Waals surface area (Å²) in [6, 6.07) is 6.09. The van der Waals surface area contributed by atoms with E-state index in [2.05, 4.69) is 20.7 Å². The molecule has 1 spiro atoms. The van der Waals surface area contributed by atoms with Crippen LogP contribution in [0.2, 0.25) is 0 Å². The van der Waals surface area contributed by atoms with E-state index >= 15 is 0 Å². The Hall–Kier alpha value is -2.18. The van der Waals surface area contributed by atoms with Crippen LogP contribution in [0, 0.1) is 0 Å². The van der Waals surface area contributed by atoms with Gasteiger partial charge in [0, 0.05) is 36.0 Å². The molecule has 4 heterocycles. The van der Waals surface area contributed by atoms with Crippen LogP contribution in [0.25, 0.3) is 5.65 Å². The van der Waals surface area contributed by atoms with Gasteiger partial charge in [-0.15, -0.1) is 12.4 Å². The summed E-state index contributed by atoms with van der Waals surface area (Å²) in [7, 11) is 0. The van der Waals surface area contributed by atoms with E-state index in [1.807, 2.05) is 41.3 Å². The van der Waals surface area contributed by atoms with Gasteiger partial charge in [-0.3, -0.25) is 4.98 Å². The lowest BCUT2D eigenvalue weighted by molar-refractivity contribution is 0.301. The molecule has 0 radical (unpaired) electrons. The highest BCUT2D eigenvalue weighted by molar-refractivity contribution is 5.85. The SMILES string of the molecule is Cl.c1cc(CNc2c3c(nc4ccnn24)C2(CCNCC2)CC3)ccn1. The largest absolute Gasteiger partial charge is 0.366 e. The number of pyridine rings is 1. The van der Waals surface area contributed by atoms with Crippen LogP contribution >= 0.6 is 12.4 Å². The van der Waals surface area contributed by atoms with E-state index in [0.717, 1.165) is 37.5 Å². The number of rotatable bonds is 3. The zero-order valence-corrected chi connectivity index (χ0v) is 15.4. The van der Waals surface area contributed by atoms with E-state index in [1.54, 1.807) is 0 Å². The normalized spacial score (nSPS) is 17.8. The molecule has 2 aliphatic rings. The molecule has 5 rings (SSSR count). The standard InChI is InChI=1S/C19H22N6.ClH/c1-5-19(6-11-21-12-7-19)17-15(1)18(25-16(24-17)4-10-23-25)22-13-14-2-8-20-9-3-14;/h2-4,8-10,21-22H,1,5-7,11-13H2;1H. The van der Waals surface area contributed by atoms with E-state index in [-0.39, 0.29) is 17.8 Å². The first-order chi connectivity index (χ1) is 12.4. The van der Waals surface area contributed by atoms with Crippen molar-refractivity contribution in [3.8, 4) is 0 Å². The summed E-state index contributed by atoms with van der Waals surface area (Å²) in [5, 5.41) is 11.6. The molecule has 136 valence electrons. The van der Waals surface area contributed by atoms with Gasteiger partial charge in [0.05, 0.1) is 11.9 Å². The molecule has 0 unspecified atom stereocenters. The predicted molar refractivity (Wildman–Crippen MR) is 104 cm³/mol. The first-order valence-electron chi connectivity index (χ1n) is 9.06. The van der Waals surface area contributed by atoms with E-state index < -0.39 is 0 Å². The number of fused-ring (bicyclic) bond motifs is 3. The molecule has 1 saturated heterocycles. The molecule has 1 aliphatic carbocycles. The molecule has 0 aromatic carbocycles. The summed E-state index contributed by atoms with van der Waals surface area (Å²) in [5.74, 6) is 1.11. The van der Waals surface area contributed by atoms with Crippen LogP contribution < -0.4 is 10.6 Å². The van der Waals surface area contributed by atoms with Gasteiger partial charge in [-0.2, -0.15) is 9.61 Å². The summed E-state index contributed by atoms with van der Waals surface area (Å²) >= 11 is 0. The first kappa shape index (κ1) is 17.2. The van der Waals surface area contributed by atoms with Crippen molar-refractivity contribution in [2.45, 2.75) is 37.6 Å². The van der Waals surface area contributed by atoms with Crippen molar-refractivity contribution in [1.82, 2.24) is 24.9 Å². The zero-order chi connectivity index (χ0) is 16.7.